The molecule has 5 nitrogen and oxygen atoms in total. The summed E-state index contributed by atoms with van der Waals surface area (Å²) in [5, 5.41) is 12.1. The Labute approximate surface area is 222 Å². The molecule has 1 atom stereocenters. The molecule has 4 aromatic carbocycles. The first-order valence-corrected chi connectivity index (χ1v) is 12.3. The van der Waals surface area contributed by atoms with E-state index < -0.39 is 29.8 Å². The van der Waals surface area contributed by atoms with Crippen LogP contribution in [0.5, 0.6) is 0 Å². The number of carbonyl (C=O) groups excluding carboxylic acids is 1. The molecule has 198 valence electrons. The third kappa shape index (κ3) is 5.50. The Hall–Kier alpha value is -4.59. The number of amides is 1. The molecule has 0 heterocycles. The topological polar surface area (TPSA) is 75.6 Å². The smallest absolute Gasteiger partial charge is 0.417 e. The second kappa shape index (κ2) is 10.6. The van der Waals surface area contributed by atoms with E-state index in [1.165, 1.54) is 30.3 Å². The SMILES string of the molecule is O=C(N[C@@H](Cc1ccc(-c2ccccc2C(F)(F)F)cc1)C(=O)O)OCC1c2ccccc2-c2ccccc21. The second-order valence-electron chi connectivity index (χ2n) is 9.31. The fourth-order valence-corrected chi connectivity index (χ4v) is 5.02. The molecule has 0 aromatic heterocycles. The third-order valence-electron chi connectivity index (χ3n) is 6.87. The molecule has 0 spiro atoms. The van der Waals surface area contributed by atoms with Crippen LogP contribution in [0.4, 0.5) is 18.0 Å². The lowest BCUT2D eigenvalue weighted by atomic mass is 9.97. The highest BCUT2D eigenvalue weighted by Gasteiger charge is 2.33. The van der Waals surface area contributed by atoms with Crippen LogP contribution in [0.2, 0.25) is 0 Å². The van der Waals surface area contributed by atoms with Gasteiger partial charge in [0, 0.05) is 12.3 Å². The highest BCUT2D eigenvalue weighted by molar-refractivity contribution is 5.81. The molecule has 0 fully saturated rings. The summed E-state index contributed by atoms with van der Waals surface area (Å²) >= 11 is 0. The Morgan fingerprint density at radius 3 is 1.90 bits per heavy atom. The van der Waals surface area contributed by atoms with E-state index in [0.717, 1.165) is 28.3 Å². The van der Waals surface area contributed by atoms with Gasteiger partial charge >= 0.3 is 18.2 Å². The Morgan fingerprint density at radius 2 is 1.33 bits per heavy atom. The van der Waals surface area contributed by atoms with Gasteiger partial charge in [0.05, 0.1) is 5.56 Å². The van der Waals surface area contributed by atoms with Crippen LogP contribution in [0.1, 0.15) is 28.2 Å². The average molecular weight is 532 g/mol. The molecular formula is C31H24F3NO4. The molecule has 39 heavy (non-hydrogen) atoms. The zero-order valence-corrected chi connectivity index (χ0v) is 20.6. The van der Waals surface area contributed by atoms with Gasteiger partial charge in [0.25, 0.3) is 0 Å². The van der Waals surface area contributed by atoms with Crippen molar-refractivity contribution in [3.05, 3.63) is 119 Å². The summed E-state index contributed by atoms with van der Waals surface area (Å²) in [4.78, 5) is 24.5. The van der Waals surface area contributed by atoms with Gasteiger partial charge < -0.3 is 15.2 Å². The maximum atomic E-state index is 13.4. The number of ether oxygens (including phenoxy) is 1. The van der Waals surface area contributed by atoms with Crippen molar-refractivity contribution in [3.8, 4) is 22.3 Å². The van der Waals surface area contributed by atoms with E-state index in [2.05, 4.69) is 5.32 Å². The molecule has 8 heteroatoms. The highest BCUT2D eigenvalue weighted by Crippen LogP contribution is 2.44. The van der Waals surface area contributed by atoms with Crippen molar-refractivity contribution in [2.45, 2.75) is 24.6 Å². The lowest BCUT2D eigenvalue weighted by Gasteiger charge is -2.18. The molecule has 0 saturated heterocycles. The molecule has 2 N–H and O–H groups in total. The fraction of sp³-hybridized carbons (Fsp3) is 0.161. The van der Waals surface area contributed by atoms with E-state index >= 15 is 0 Å². The first-order chi connectivity index (χ1) is 18.7. The zero-order chi connectivity index (χ0) is 27.6. The van der Waals surface area contributed by atoms with Crippen LogP contribution in [0.3, 0.4) is 0 Å². The number of aliphatic carboxylic acids is 1. The van der Waals surface area contributed by atoms with Crippen molar-refractivity contribution in [3.63, 3.8) is 0 Å². The Kier molecular flexibility index (Phi) is 7.11. The van der Waals surface area contributed by atoms with Crippen molar-refractivity contribution in [1.29, 1.82) is 0 Å². The number of alkyl halides is 3. The lowest BCUT2D eigenvalue weighted by Crippen LogP contribution is -2.42. The van der Waals surface area contributed by atoms with Gasteiger partial charge in [-0.1, -0.05) is 91.0 Å². The summed E-state index contributed by atoms with van der Waals surface area (Å²) in [7, 11) is 0. The number of carbonyl (C=O) groups is 2. The van der Waals surface area contributed by atoms with E-state index in [4.69, 9.17) is 4.74 Å². The molecule has 0 saturated carbocycles. The number of benzene rings is 4. The van der Waals surface area contributed by atoms with Gasteiger partial charge in [0.15, 0.2) is 0 Å². The molecule has 0 bridgehead atoms. The molecule has 0 radical (unpaired) electrons. The van der Waals surface area contributed by atoms with E-state index in [9.17, 15) is 27.9 Å². The minimum absolute atomic E-state index is 0.0306. The summed E-state index contributed by atoms with van der Waals surface area (Å²) in [6, 6.07) is 25.8. The van der Waals surface area contributed by atoms with Gasteiger partial charge in [0.1, 0.15) is 12.6 Å². The van der Waals surface area contributed by atoms with E-state index in [1.54, 1.807) is 12.1 Å². The fourth-order valence-electron chi connectivity index (χ4n) is 5.02. The second-order valence-corrected chi connectivity index (χ2v) is 9.31. The minimum Gasteiger partial charge on any atom is -0.480 e. The van der Waals surface area contributed by atoms with E-state index in [1.807, 2.05) is 48.5 Å². The van der Waals surface area contributed by atoms with Crippen LogP contribution < -0.4 is 5.32 Å². The van der Waals surface area contributed by atoms with E-state index in [-0.39, 0.29) is 24.5 Å². The van der Waals surface area contributed by atoms with Crippen molar-refractivity contribution in [2.24, 2.45) is 0 Å². The largest absolute Gasteiger partial charge is 0.480 e. The normalized spacial score (nSPS) is 13.3. The number of fused-ring (bicyclic) bond motifs is 3. The van der Waals surface area contributed by atoms with Gasteiger partial charge in [-0.2, -0.15) is 13.2 Å². The minimum atomic E-state index is -4.50. The quantitative estimate of drug-likeness (QED) is 0.272. The van der Waals surface area contributed by atoms with Crippen LogP contribution >= 0.6 is 0 Å². The van der Waals surface area contributed by atoms with Crippen LogP contribution in [0, 0.1) is 0 Å². The summed E-state index contributed by atoms with van der Waals surface area (Å²) in [6.45, 7) is 0.0412. The number of nitrogens with one attached hydrogen (secondary N) is 1. The predicted octanol–water partition coefficient (Wildman–Crippen LogP) is 6.91. The third-order valence-corrected chi connectivity index (χ3v) is 6.87. The average Bonchev–Trinajstić information content (AvgIpc) is 3.25. The molecular weight excluding hydrogens is 507 g/mol. The van der Waals surface area contributed by atoms with Gasteiger partial charge in [-0.15, -0.1) is 0 Å². The molecule has 4 aromatic rings. The van der Waals surface area contributed by atoms with Gasteiger partial charge in [-0.25, -0.2) is 9.59 Å². The van der Waals surface area contributed by atoms with Gasteiger partial charge in [-0.05, 0) is 45.0 Å². The Bertz CT molecular complexity index is 1470. The molecule has 1 amide bonds. The van der Waals surface area contributed by atoms with Crippen LogP contribution in [0.25, 0.3) is 22.3 Å². The summed E-state index contributed by atoms with van der Waals surface area (Å²) < 4.78 is 45.6. The van der Waals surface area contributed by atoms with Crippen molar-refractivity contribution in [2.75, 3.05) is 6.61 Å². The van der Waals surface area contributed by atoms with Crippen molar-refractivity contribution in [1.82, 2.24) is 5.32 Å². The van der Waals surface area contributed by atoms with Crippen LogP contribution in [-0.2, 0) is 22.1 Å². The van der Waals surface area contributed by atoms with Crippen molar-refractivity contribution >= 4 is 12.1 Å². The molecule has 1 aliphatic rings. The van der Waals surface area contributed by atoms with Gasteiger partial charge in [0.2, 0.25) is 0 Å². The monoisotopic (exact) mass is 531 g/mol. The predicted molar refractivity (Wildman–Crippen MR) is 140 cm³/mol. The molecule has 0 aliphatic heterocycles. The number of rotatable bonds is 7. The lowest BCUT2D eigenvalue weighted by molar-refractivity contribution is -0.139. The summed E-state index contributed by atoms with van der Waals surface area (Å²) in [5.41, 5.74) is 4.39. The number of hydrogen-bond donors (Lipinski definition) is 2. The number of carboxylic acid groups (broad SMARTS) is 1. The Balaban J connectivity index is 1.24. The van der Waals surface area contributed by atoms with Crippen LogP contribution in [0.15, 0.2) is 97.1 Å². The Morgan fingerprint density at radius 1 is 0.795 bits per heavy atom. The number of carboxylic acids is 1. The maximum absolute atomic E-state index is 13.4. The zero-order valence-electron chi connectivity index (χ0n) is 20.6. The number of alkyl carbamates (subject to hydrolysis) is 1. The standard InChI is InChI=1S/C31H24F3NO4/c32-31(33,34)27-12-6-5-7-21(27)20-15-13-19(14-16-20)17-28(29(36)37)35-30(38)39-18-26-24-10-3-1-8-22(24)23-9-2-4-11-25(23)26/h1-16,26,28H,17-18H2,(H,35,38)(H,36,37)/t28-/m0/s1. The number of halogens is 3. The molecule has 0 unspecified atom stereocenters. The summed E-state index contributed by atoms with van der Waals surface area (Å²) in [6.07, 6.45) is -5.43. The molecule has 5 rings (SSSR count). The van der Waals surface area contributed by atoms with Crippen molar-refractivity contribution < 1.29 is 32.6 Å². The summed E-state index contributed by atoms with van der Waals surface area (Å²) in [5.74, 6) is -1.42. The first-order valence-electron chi connectivity index (χ1n) is 12.3. The number of hydrogen-bond acceptors (Lipinski definition) is 3. The van der Waals surface area contributed by atoms with E-state index in [0.29, 0.717) is 11.1 Å². The molecule has 1 aliphatic carbocycles. The van der Waals surface area contributed by atoms with Gasteiger partial charge in [-0.3, -0.25) is 0 Å². The maximum Gasteiger partial charge on any atom is 0.417 e. The van der Waals surface area contributed by atoms with Crippen LogP contribution in [-0.4, -0.2) is 29.8 Å². The highest BCUT2D eigenvalue weighted by atomic mass is 19.4. The first kappa shape index (κ1) is 26.0.